The molecule has 0 spiro atoms. The Bertz CT molecular complexity index is 1230. The number of carbonyl (C=O) groups excluding carboxylic acids is 3. The third-order valence-corrected chi connectivity index (χ3v) is 8.00. The molecule has 0 saturated carbocycles. The van der Waals surface area contributed by atoms with Gasteiger partial charge in [0.2, 0.25) is 0 Å². The number of carbonyl (C=O) groups is 3. The van der Waals surface area contributed by atoms with E-state index < -0.39 is 50.6 Å². The van der Waals surface area contributed by atoms with E-state index in [9.17, 15) is 18.8 Å². The van der Waals surface area contributed by atoms with E-state index in [1.165, 1.54) is 24.3 Å². The second-order valence-corrected chi connectivity index (χ2v) is 10.3. The number of benzene rings is 3. The Morgan fingerprint density at radius 2 is 1.59 bits per heavy atom. The van der Waals surface area contributed by atoms with E-state index in [1.54, 1.807) is 43.5 Å². The molecule has 1 aliphatic rings. The summed E-state index contributed by atoms with van der Waals surface area (Å²) < 4.78 is 35.7. The van der Waals surface area contributed by atoms with Crippen molar-refractivity contribution in [2.75, 3.05) is 7.11 Å². The third kappa shape index (κ3) is 5.24. The van der Waals surface area contributed by atoms with Crippen LogP contribution in [0.3, 0.4) is 0 Å². The van der Waals surface area contributed by atoms with Crippen LogP contribution in [0.2, 0.25) is 0 Å². The zero-order valence-corrected chi connectivity index (χ0v) is 20.2. The molecule has 0 aromatic heterocycles. The van der Waals surface area contributed by atoms with E-state index in [2.05, 4.69) is 0 Å². The van der Waals surface area contributed by atoms with Crippen molar-refractivity contribution in [3.63, 3.8) is 0 Å². The van der Waals surface area contributed by atoms with E-state index in [4.69, 9.17) is 9.57 Å². The fourth-order valence-electron chi connectivity index (χ4n) is 3.30. The number of hydroxylamine groups is 2. The first-order chi connectivity index (χ1) is 16.4. The van der Waals surface area contributed by atoms with Crippen LogP contribution in [-0.2, 0) is 20.8 Å². The Kier molecular flexibility index (Phi) is 7.20. The fraction of sp³-hybridized carbons (Fsp3) is 0.160. The van der Waals surface area contributed by atoms with Gasteiger partial charge >= 0.3 is 183 Å². The van der Waals surface area contributed by atoms with Crippen molar-refractivity contribution in [3.05, 3.63) is 96.1 Å². The Balaban J connectivity index is 1.47. The maximum absolute atomic E-state index is 15.2. The summed E-state index contributed by atoms with van der Waals surface area (Å²) in [6, 6.07) is 16.0. The molecule has 1 saturated heterocycles. The van der Waals surface area contributed by atoms with Gasteiger partial charge in [0.05, 0.1) is 0 Å². The summed E-state index contributed by atoms with van der Waals surface area (Å²) in [7, 11) is 1.55. The van der Waals surface area contributed by atoms with Crippen molar-refractivity contribution >= 4 is 17.8 Å². The number of rotatable bonds is 7. The SMILES string of the molecule is COc1ccc([I-]c2c(F)ccc(Cc3ccc(C(=O)ON4C(=O)CCC4=O)cc3)c2F)cc1. The number of methoxy groups -OCH3 is 1. The minimum absolute atomic E-state index is 0.0109. The molecular formula is C25H19F2INO5-. The average Bonchev–Trinajstić information content (AvgIpc) is 3.16. The van der Waals surface area contributed by atoms with Gasteiger partial charge in [-0.1, -0.05) is 0 Å². The van der Waals surface area contributed by atoms with Crippen molar-refractivity contribution in [3.8, 4) is 5.75 Å². The molecule has 1 fully saturated rings. The van der Waals surface area contributed by atoms with Gasteiger partial charge in [-0.2, -0.15) is 0 Å². The molecule has 0 N–H and O–H groups in total. The van der Waals surface area contributed by atoms with Gasteiger partial charge in [0.1, 0.15) is 0 Å². The van der Waals surface area contributed by atoms with Gasteiger partial charge in [-0.05, 0) is 0 Å². The number of ether oxygens (including phenoxy) is 1. The summed E-state index contributed by atoms with van der Waals surface area (Å²) >= 11 is -1.08. The predicted molar refractivity (Wildman–Crippen MR) is 112 cm³/mol. The molecule has 0 radical (unpaired) electrons. The number of hydrogen-bond donors (Lipinski definition) is 0. The van der Waals surface area contributed by atoms with Gasteiger partial charge < -0.3 is 0 Å². The fourth-order valence-corrected chi connectivity index (χ4v) is 5.67. The quantitative estimate of drug-likeness (QED) is 0.237. The maximum atomic E-state index is 15.2. The van der Waals surface area contributed by atoms with Crippen molar-refractivity contribution < 1.29 is 53.9 Å². The molecule has 0 aliphatic carbocycles. The molecule has 1 heterocycles. The molecule has 2 amide bonds. The Morgan fingerprint density at radius 1 is 0.941 bits per heavy atom. The third-order valence-electron chi connectivity index (χ3n) is 5.13. The van der Waals surface area contributed by atoms with Crippen LogP contribution in [0.1, 0.15) is 34.3 Å². The van der Waals surface area contributed by atoms with E-state index in [1.807, 2.05) is 0 Å². The van der Waals surface area contributed by atoms with Gasteiger partial charge in [0.15, 0.2) is 0 Å². The molecule has 4 rings (SSSR count). The van der Waals surface area contributed by atoms with Gasteiger partial charge in [-0.25, -0.2) is 0 Å². The zero-order chi connectivity index (χ0) is 24.2. The second-order valence-electron chi connectivity index (χ2n) is 7.42. The summed E-state index contributed by atoms with van der Waals surface area (Å²) in [5.74, 6) is -2.43. The minimum atomic E-state index is -1.08. The van der Waals surface area contributed by atoms with E-state index in [0.717, 1.165) is 3.57 Å². The standard InChI is InChI=1S/C25H19F2INO5/c1-33-19-9-7-18(8-10-19)28-24-20(26)11-6-17(23(24)27)14-15-2-4-16(5-3-15)25(32)34-29-21(30)12-13-22(29)31/h2-11H,12-14H2,1H3/q-1. The molecule has 0 unspecified atom stereocenters. The molecule has 3 aromatic rings. The second kappa shape index (κ2) is 10.3. The van der Waals surface area contributed by atoms with Crippen LogP contribution in [0.25, 0.3) is 0 Å². The average molecular weight is 578 g/mol. The van der Waals surface area contributed by atoms with Crippen molar-refractivity contribution in [1.29, 1.82) is 0 Å². The van der Waals surface area contributed by atoms with E-state index in [-0.39, 0.29) is 28.4 Å². The Morgan fingerprint density at radius 3 is 2.21 bits per heavy atom. The molecule has 6 nitrogen and oxygen atoms in total. The van der Waals surface area contributed by atoms with Gasteiger partial charge in [0, 0.05) is 12.8 Å². The van der Waals surface area contributed by atoms with E-state index >= 15 is 4.39 Å². The first kappa shape index (κ1) is 23.8. The van der Waals surface area contributed by atoms with E-state index in [0.29, 0.717) is 21.9 Å². The first-order valence-corrected chi connectivity index (χ1v) is 12.4. The summed E-state index contributed by atoms with van der Waals surface area (Å²) in [4.78, 5) is 40.3. The molecule has 176 valence electrons. The van der Waals surface area contributed by atoms with Crippen LogP contribution in [0.5, 0.6) is 5.75 Å². The zero-order valence-electron chi connectivity index (χ0n) is 18.0. The van der Waals surface area contributed by atoms with Crippen LogP contribution >= 0.6 is 0 Å². The molecule has 3 aromatic carbocycles. The Hall–Kier alpha value is -3.34. The van der Waals surface area contributed by atoms with Gasteiger partial charge in [-0.15, -0.1) is 0 Å². The first-order valence-electron chi connectivity index (χ1n) is 10.3. The number of amides is 2. The molecule has 9 heteroatoms. The summed E-state index contributed by atoms with van der Waals surface area (Å²) in [5.41, 5.74) is 1.18. The molecule has 34 heavy (non-hydrogen) atoms. The summed E-state index contributed by atoms with van der Waals surface area (Å²) in [5, 5.41) is 0.484. The number of halogens is 3. The summed E-state index contributed by atoms with van der Waals surface area (Å²) in [6.45, 7) is 0. The van der Waals surface area contributed by atoms with Crippen LogP contribution in [0.15, 0.2) is 60.7 Å². The molecule has 1 aliphatic heterocycles. The van der Waals surface area contributed by atoms with Gasteiger partial charge in [0.25, 0.3) is 0 Å². The van der Waals surface area contributed by atoms with Crippen LogP contribution < -0.4 is 25.9 Å². The van der Waals surface area contributed by atoms with Crippen LogP contribution in [0.4, 0.5) is 8.78 Å². The number of imide groups is 1. The summed E-state index contributed by atoms with van der Waals surface area (Å²) in [6.07, 6.45) is 0.220. The number of nitrogens with zero attached hydrogens (tertiary/aromatic N) is 1. The van der Waals surface area contributed by atoms with Crippen LogP contribution in [0, 0.1) is 18.8 Å². The number of hydrogen-bond acceptors (Lipinski definition) is 5. The topological polar surface area (TPSA) is 72.9 Å². The molecular weight excluding hydrogens is 559 g/mol. The van der Waals surface area contributed by atoms with Crippen molar-refractivity contribution in [1.82, 2.24) is 5.06 Å². The molecule has 0 atom stereocenters. The predicted octanol–water partition coefficient (Wildman–Crippen LogP) is 0.913. The van der Waals surface area contributed by atoms with Crippen molar-refractivity contribution in [2.45, 2.75) is 19.3 Å². The monoisotopic (exact) mass is 578 g/mol. The van der Waals surface area contributed by atoms with Crippen LogP contribution in [-0.4, -0.2) is 30.0 Å². The van der Waals surface area contributed by atoms with Crippen molar-refractivity contribution in [2.24, 2.45) is 0 Å². The normalized spacial score (nSPS) is 13.4. The van der Waals surface area contributed by atoms with Gasteiger partial charge in [-0.3, -0.25) is 9.59 Å². The Labute approximate surface area is 204 Å². The molecule has 0 bridgehead atoms.